The Bertz CT molecular complexity index is 545. The number of aryl methyl sites for hydroxylation is 1. The molecule has 6 nitrogen and oxygen atoms in total. The van der Waals surface area contributed by atoms with Gasteiger partial charge in [0.05, 0.1) is 19.7 Å². The topological polar surface area (TPSA) is 83.3 Å². The van der Waals surface area contributed by atoms with Gasteiger partial charge >= 0.3 is 5.97 Å². The fourth-order valence-corrected chi connectivity index (χ4v) is 1.92. The monoisotopic (exact) mass is 263 g/mol. The smallest absolute Gasteiger partial charge is 0.360 e. The number of anilines is 1. The molecule has 2 N–H and O–H groups in total. The number of carbonyl (C=O) groups excluding carboxylic acids is 1. The Kier molecular flexibility index (Phi) is 3.89. The van der Waals surface area contributed by atoms with Crippen LogP contribution >= 0.6 is 0 Å². The first-order chi connectivity index (χ1) is 9.13. The number of hydrogen-bond acceptors (Lipinski definition) is 5. The molecule has 0 saturated carbocycles. The van der Waals surface area contributed by atoms with E-state index in [4.69, 9.17) is 10.2 Å². The van der Waals surface area contributed by atoms with E-state index in [1.54, 1.807) is 17.2 Å². The summed E-state index contributed by atoms with van der Waals surface area (Å²) in [5, 5.41) is 0. The molecule has 0 aromatic carbocycles. The van der Waals surface area contributed by atoms with Crippen molar-refractivity contribution in [1.29, 1.82) is 0 Å². The van der Waals surface area contributed by atoms with Crippen LogP contribution in [-0.4, -0.2) is 22.6 Å². The predicted molar refractivity (Wildman–Crippen MR) is 69.7 cm³/mol. The Labute approximate surface area is 111 Å². The van der Waals surface area contributed by atoms with Gasteiger partial charge in [-0.05, 0) is 25.5 Å². The summed E-state index contributed by atoms with van der Waals surface area (Å²) < 4.78 is 11.7. The molecule has 0 fully saturated rings. The van der Waals surface area contributed by atoms with Crippen LogP contribution in [0.1, 0.15) is 35.6 Å². The number of aromatic nitrogens is 2. The maximum atomic E-state index is 11.4. The molecule has 0 radical (unpaired) electrons. The summed E-state index contributed by atoms with van der Waals surface area (Å²) in [6, 6.07) is 3.92. The van der Waals surface area contributed by atoms with E-state index < -0.39 is 5.97 Å². The van der Waals surface area contributed by atoms with Crippen LogP contribution in [0.2, 0.25) is 0 Å². The van der Waals surface area contributed by atoms with E-state index in [-0.39, 0.29) is 11.7 Å². The maximum absolute atomic E-state index is 11.4. The highest BCUT2D eigenvalue weighted by atomic mass is 16.5. The van der Waals surface area contributed by atoms with Gasteiger partial charge in [0.2, 0.25) is 0 Å². The van der Waals surface area contributed by atoms with E-state index >= 15 is 0 Å². The Balaban J connectivity index is 2.05. The normalized spacial score (nSPS) is 12.3. The third-order valence-electron chi connectivity index (χ3n) is 3.07. The number of rotatable bonds is 5. The average molecular weight is 263 g/mol. The Morgan fingerprint density at radius 1 is 1.63 bits per heavy atom. The Morgan fingerprint density at radius 2 is 2.42 bits per heavy atom. The lowest BCUT2D eigenvalue weighted by Crippen LogP contribution is -2.11. The number of nitrogens with two attached hydrogens (primary N) is 1. The van der Waals surface area contributed by atoms with Gasteiger partial charge in [-0.15, -0.1) is 0 Å². The van der Waals surface area contributed by atoms with E-state index in [0.717, 1.165) is 18.6 Å². The summed E-state index contributed by atoms with van der Waals surface area (Å²) in [4.78, 5) is 15.4. The lowest BCUT2D eigenvalue weighted by molar-refractivity contribution is 0.0596. The zero-order valence-electron chi connectivity index (χ0n) is 11.0. The number of carbonyl (C=O) groups is 1. The van der Waals surface area contributed by atoms with Crippen molar-refractivity contribution in [1.82, 2.24) is 9.55 Å². The molecule has 2 rings (SSSR count). The highest BCUT2D eigenvalue weighted by Gasteiger charge is 2.18. The van der Waals surface area contributed by atoms with Crippen LogP contribution in [0.4, 0.5) is 5.82 Å². The molecule has 0 amide bonds. The second-order valence-corrected chi connectivity index (χ2v) is 4.34. The van der Waals surface area contributed by atoms with Crippen LogP contribution in [-0.2, 0) is 11.2 Å². The lowest BCUT2D eigenvalue weighted by Gasteiger charge is -2.14. The zero-order chi connectivity index (χ0) is 13.8. The summed E-state index contributed by atoms with van der Waals surface area (Å²) in [5.74, 6) is 0.743. The van der Waals surface area contributed by atoms with E-state index in [2.05, 4.69) is 9.72 Å². The molecule has 0 saturated heterocycles. The summed E-state index contributed by atoms with van der Waals surface area (Å²) in [6.07, 6.45) is 4.86. The molecule has 2 aromatic rings. The fourth-order valence-electron chi connectivity index (χ4n) is 1.92. The minimum Gasteiger partial charge on any atom is -0.469 e. The predicted octanol–water partition coefficient (Wildman–Crippen LogP) is 2.04. The standard InChI is InChI=1S/C13H17N3O3/c1-9(5-6-10-4-3-7-19-10)16-8-15-11(12(16)14)13(17)18-2/h3-4,7-9H,5-6,14H2,1-2H3. The highest BCUT2D eigenvalue weighted by molar-refractivity contribution is 5.92. The average Bonchev–Trinajstić information content (AvgIpc) is 3.04. The number of furan rings is 1. The van der Waals surface area contributed by atoms with Gasteiger partial charge in [-0.2, -0.15) is 0 Å². The zero-order valence-corrected chi connectivity index (χ0v) is 11.0. The van der Waals surface area contributed by atoms with Crippen molar-refractivity contribution in [3.05, 3.63) is 36.2 Å². The van der Waals surface area contributed by atoms with E-state index in [1.807, 2.05) is 19.1 Å². The van der Waals surface area contributed by atoms with Gasteiger partial charge in [-0.1, -0.05) is 0 Å². The second kappa shape index (κ2) is 5.60. The van der Waals surface area contributed by atoms with Gasteiger partial charge in [-0.25, -0.2) is 9.78 Å². The molecule has 6 heteroatoms. The number of esters is 1. The molecule has 2 heterocycles. The van der Waals surface area contributed by atoms with Gasteiger partial charge in [0.25, 0.3) is 0 Å². The molecule has 2 aromatic heterocycles. The number of nitrogen functional groups attached to an aromatic ring is 1. The molecular formula is C13H17N3O3. The van der Waals surface area contributed by atoms with Gasteiger partial charge < -0.3 is 19.5 Å². The molecule has 19 heavy (non-hydrogen) atoms. The van der Waals surface area contributed by atoms with Crippen molar-refractivity contribution in [3.63, 3.8) is 0 Å². The molecule has 0 aliphatic heterocycles. The number of ether oxygens (including phenoxy) is 1. The Hall–Kier alpha value is -2.24. The fraction of sp³-hybridized carbons (Fsp3) is 0.385. The van der Waals surface area contributed by atoms with Crippen molar-refractivity contribution < 1.29 is 13.9 Å². The van der Waals surface area contributed by atoms with Crippen LogP contribution in [0.5, 0.6) is 0 Å². The molecule has 0 bridgehead atoms. The van der Waals surface area contributed by atoms with Gasteiger partial charge in [-0.3, -0.25) is 0 Å². The second-order valence-electron chi connectivity index (χ2n) is 4.34. The van der Waals surface area contributed by atoms with Crippen LogP contribution < -0.4 is 5.73 Å². The van der Waals surface area contributed by atoms with Gasteiger partial charge in [0.15, 0.2) is 5.69 Å². The number of imidazole rings is 1. The van der Waals surface area contributed by atoms with Crippen LogP contribution in [0.15, 0.2) is 29.1 Å². The van der Waals surface area contributed by atoms with Crippen LogP contribution in [0.3, 0.4) is 0 Å². The largest absolute Gasteiger partial charge is 0.469 e. The van der Waals surface area contributed by atoms with E-state index in [1.165, 1.54) is 7.11 Å². The minimum atomic E-state index is -0.519. The summed E-state index contributed by atoms with van der Waals surface area (Å²) in [7, 11) is 1.31. The van der Waals surface area contributed by atoms with Crippen molar-refractivity contribution in [3.8, 4) is 0 Å². The molecule has 0 spiro atoms. The van der Waals surface area contributed by atoms with Gasteiger partial charge in [0, 0.05) is 12.5 Å². The van der Waals surface area contributed by atoms with E-state index in [0.29, 0.717) is 5.82 Å². The highest BCUT2D eigenvalue weighted by Crippen LogP contribution is 2.21. The molecule has 0 aliphatic rings. The third kappa shape index (κ3) is 2.78. The molecule has 102 valence electrons. The molecule has 1 atom stereocenters. The van der Waals surface area contributed by atoms with Crippen molar-refractivity contribution in [2.24, 2.45) is 0 Å². The van der Waals surface area contributed by atoms with Crippen molar-refractivity contribution in [2.75, 3.05) is 12.8 Å². The quantitative estimate of drug-likeness (QED) is 0.834. The molecule has 1 unspecified atom stereocenters. The lowest BCUT2D eigenvalue weighted by atomic mass is 10.1. The Morgan fingerprint density at radius 3 is 3.05 bits per heavy atom. The summed E-state index contributed by atoms with van der Waals surface area (Å²) in [5.41, 5.74) is 6.07. The summed E-state index contributed by atoms with van der Waals surface area (Å²) in [6.45, 7) is 2.02. The van der Waals surface area contributed by atoms with Crippen molar-refractivity contribution >= 4 is 11.8 Å². The maximum Gasteiger partial charge on any atom is 0.360 e. The first kappa shape index (κ1) is 13.2. The SMILES string of the molecule is COC(=O)c1ncn(C(C)CCc2ccco2)c1N. The third-order valence-corrected chi connectivity index (χ3v) is 3.07. The summed E-state index contributed by atoms with van der Waals surface area (Å²) >= 11 is 0. The number of methoxy groups -OCH3 is 1. The number of nitrogens with zero attached hydrogens (tertiary/aromatic N) is 2. The first-order valence-corrected chi connectivity index (χ1v) is 6.06. The van der Waals surface area contributed by atoms with E-state index in [9.17, 15) is 4.79 Å². The van der Waals surface area contributed by atoms with Crippen molar-refractivity contribution in [2.45, 2.75) is 25.8 Å². The number of hydrogen-bond donors (Lipinski definition) is 1. The molecular weight excluding hydrogens is 246 g/mol. The van der Waals surface area contributed by atoms with Crippen LogP contribution in [0, 0.1) is 0 Å². The first-order valence-electron chi connectivity index (χ1n) is 6.06. The minimum absolute atomic E-state index is 0.121. The van der Waals surface area contributed by atoms with Crippen LogP contribution in [0.25, 0.3) is 0 Å². The molecule has 0 aliphatic carbocycles. The van der Waals surface area contributed by atoms with Gasteiger partial charge in [0.1, 0.15) is 11.6 Å².